The summed E-state index contributed by atoms with van der Waals surface area (Å²) in [5.41, 5.74) is 1.05. The molecule has 3 aromatic rings. The first-order chi connectivity index (χ1) is 26.7. The highest BCUT2D eigenvalue weighted by molar-refractivity contribution is 6.00. The first kappa shape index (κ1) is 40.9. The van der Waals surface area contributed by atoms with Gasteiger partial charge in [0.15, 0.2) is 11.7 Å². The molecule has 1 aromatic heterocycles. The summed E-state index contributed by atoms with van der Waals surface area (Å²) in [6.45, 7) is 16.0. The summed E-state index contributed by atoms with van der Waals surface area (Å²) in [6, 6.07) is 10.5. The van der Waals surface area contributed by atoms with E-state index in [2.05, 4.69) is 17.2 Å². The van der Waals surface area contributed by atoms with Gasteiger partial charge in [0.1, 0.15) is 34.9 Å². The van der Waals surface area contributed by atoms with Gasteiger partial charge in [-0.05, 0) is 117 Å². The van der Waals surface area contributed by atoms with Crippen LogP contribution in [0.15, 0.2) is 78.2 Å². The number of halogens is 3. The Morgan fingerprint density at radius 3 is 1.86 bits per heavy atom. The van der Waals surface area contributed by atoms with Gasteiger partial charge in [-0.1, -0.05) is 6.58 Å². The van der Waals surface area contributed by atoms with Crippen LogP contribution in [0.4, 0.5) is 34.1 Å². The fourth-order valence-electron chi connectivity index (χ4n) is 7.17. The van der Waals surface area contributed by atoms with Crippen molar-refractivity contribution in [2.24, 2.45) is 0 Å². The third kappa shape index (κ3) is 8.97. The van der Waals surface area contributed by atoms with Crippen LogP contribution >= 0.6 is 0 Å². The van der Waals surface area contributed by atoms with Crippen molar-refractivity contribution in [1.29, 1.82) is 0 Å². The van der Waals surface area contributed by atoms with Crippen LogP contribution in [0.3, 0.4) is 0 Å². The number of aromatic nitrogens is 1. The number of anilines is 2. The van der Waals surface area contributed by atoms with Gasteiger partial charge in [-0.3, -0.25) is 19.4 Å². The summed E-state index contributed by atoms with van der Waals surface area (Å²) in [5.74, 6) is -5.01. The molecule has 57 heavy (non-hydrogen) atoms. The minimum absolute atomic E-state index is 0.0532. The highest BCUT2D eigenvalue weighted by Crippen LogP contribution is 2.46. The van der Waals surface area contributed by atoms with E-state index in [0.29, 0.717) is 72.3 Å². The number of likely N-dealkylation sites (tertiary alicyclic amines) is 2. The quantitative estimate of drug-likeness (QED) is 0.228. The van der Waals surface area contributed by atoms with E-state index in [1.54, 1.807) is 82.5 Å². The Kier molecular flexibility index (Phi) is 11.2. The highest BCUT2D eigenvalue weighted by Gasteiger charge is 2.38. The van der Waals surface area contributed by atoms with Crippen LogP contribution in [-0.4, -0.2) is 74.7 Å². The van der Waals surface area contributed by atoms with Gasteiger partial charge in [-0.25, -0.2) is 22.8 Å². The second-order valence-electron chi connectivity index (χ2n) is 16.4. The zero-order valence-corrected chi connectivity index (χ0v) is 33.1. The van der Waals surface area contributed by atoms with Crippen molar-refractivity contribution in [1.82, 2.24) is 14.4 Å². The van der Waals surface area contributed by atoms with Crippen LogP contribution in [0, 0.1) is 0 Å². The molecule has 0 saturated carbocycles. The van der Waals surface area contributed by atoms with Crippen LogP contribution < -0.4 is 15.4 Å². The van der Waals surface area contributed by atoms with E-state index < -0.39 is 65.1 Å². The maximum absolute atomic E-state index is 14.9. The number of nitrogens with zero attached hydrogens (tertiary/aromatic N) is 3. The normalized spacial score (nSPS) is 20.0. The molecule has 2 N–H and O–H groups in total. The third-order valence-electron chi connectivity index (χ3n) is 9.61. The minimum Gasteiger partial charge on any atom is -0.465 e. The van der Waals surface area contributed by atoms with Gasteiger partial charge in [0.05, 0.1) is 11.2 Å². The first-order valence-corrected chi connectivity index (χ1v) is 18.9. The van der Waals surface area contributed by atoms with Gasteiger partial charge in [-0.15, -0.1) is 0 Å². The molecule has 4 amide bonds. The molecule has 2 saturated heterocycles. The number of amides is 4. The SMILES string of the molecule is C=C(/C=C(F)\C(F)=C(/C)F)[C@@H]1Oc2cc(NC(=O)[C@@H]3CCCN3C(=O)OC(C)(C)C)ccc2-c2cc3cc(NC(=O)[C@@H]4CCCN4C(=O)OC(C)(C)C)ccc3n21. The minimum atomic E-state index is -1.67. The molecule has 2 fully saturated rings. The standard InChI is InChI=1S/C42H48F3N5O7/c1-23(19-29(44)35(45)24(2)43)38-50-30-16-14-26(46-36(51)31-11-9-17-48(31)39(53)56-41(3,4)5)20-25(30)21-33(50)28-15-13-27(22-34(28)55-38)47-37(52)32-12-10-18-49(32)40(54)57-42(6,7)8/h13-16,19-22,31-32,38H,1,9-12,17-18H2,2-8H3,(H,46,51)(H,47,52)/b29-19+,35-24-/t31-,32-,38-/m0/s1. The predicted octanol–water partition coefficient (Wildman–Crippen LogP) is 9.46. The van der Waals surface area contributed by atoms with Crippen molar-refractivity contribution < 1.29 is 46.6 Å². The van der Waals surface area contributed by atoms with Crippen molar-refractivity contribution in [3.05, 3.63) is 78.2 Å². The van der Waals surface area contributed by atoms with Crippen LogP contribution in [0.1, 0.15) is 80.4 Å². The summed E-state index contributed by atoms with van der Waals surface area (Å²) < 4.78 is 61.9. The molecule has 4 heterocycles. The smallest absolute Gasteiger partial charge is 0.410 e. The van der Waals surface area contributed by atoms with E-state index in [4.69, 9.17) is 14.2 Å². The molecule has 0 unspecified atom stereocenters. The number of hydrogen-bond donors (Lipinski definition) is 2. The molecule has 12 nitrogen and oxygen atoms in total. The van der Waals surface area contributed by atoms with E-state index in [9.17, 15) is 32.3 Å². The molecule has 304 valence electrons. The summed E-state index contributed by atoms with van der Waals surface area (Å²) in [7, 11) is 0. The predicted molar refractivity (Wildman–Crippen MR) is 209 cm³/mol. The Bertz CT molecular complexity index is 2190. The zero-order chi connectivity index (χ0) is 41.6. The van der Waals surface area contributed by atoms with Crippen molar-refractivity contribution in [3.63, 3.8) is 0 Å². The maximum atomic E-state index is 14.9. The molecule has 3 aliphatic heterocycles. The van der Waals surface area contributed by atoms with E-state index in [0.717, 1.165) is 13.0 Å². The first-order valence-electron chi connectivity index (χ1n) is 18.9. The molecule has 0 radical (unpaired) electrons. The molecular formula is C42H48F3N5O7. The second kappa shape index (κ2) is 15.7. The summed E-state index contributed by atoms with van der Waals surface area (Å²) in [5, 5.41) is 6.42. The summed E-state index contributed by atoms with van der Waals surface area (Å²) in [4.78, 5) is 55.5. The maximum Gasteiger partial charge on any atom is 0.410 e. The van der Waals surface area contributed by atoms with Gasteiger partial charge >= 0.3 is 12.2 Å². The Labute approximate surface area is 329 Å². The lowest BCUT2D eigenvalue weighted by molar-refractivity contribution is -0.121. The average molecular weight is 792 g/mol. The number of nitrogens with one attached hydrogen (secondary N) is 2. The van der Waals surface area contributed by atoms with Crippen LogP contribution in [0.2, 0.25) is 0 Å². The van der Waals surface area contributed by atoms with E-state index in [-0.39, 0.29) is 17.2 Å². The van der Waals surface area contributed by atoms with Gasteiger partial charge in [0.25, 0.3) is 0 Å². The number of carbonyl (C=O) groups excluding carboxylic acids is 4. The van der Waals surface area contributed by atoms with Crippen LogP contribution in [-0.2, 0) is 19.1 Å². The molecule has 0 spiro atoms. The molecular weight excluding hydrogens is 743 g/mol. The fraction of sp³-hybridized carbons (Fsp3) is 0.429. The third-order valence-corrected chi connectivity index (χ3v) is 9.61. The number of fused-ring (bicyclic) bond motifs is 5. The van der Waals surface area contributed by atoms with Crippen LogP contribution in [0.5, 0.6) is 5.75 Å². The summed E-state index contributed by atoms with van der Waals surface area (Å²) in [6.07, 6.45) is 0.634. The highest BCUT2D eigenvalue weighted by atomic mass is 19.2. The number of hydrogen-bond acceptors (Lipinski definition) is 7. The van der Waals surface area contributed by atoms with Crippen molar-refractivity contribution in [2.45, 2.75) is 104 Å². The molecule has 0 bridgehead atoms. The number of allylic oxidation sites excluding steroid dienone is 3. The lowest BCUT2D eigenvalue weighted by Gasteiger charge is -2.31. The van der Waals surface area contributed by atoms with Gasteiger partial charge in [0, 0.05) is 47.1 Å². The van der Waals surface area contributed by atoms with Gasteiger partial charge in [0.2, 0.25) is 18.0 Å². The Morgan fingerprint density at radius 1 is 0.807 bits per heavy atom. The van der Waals surface area contributed by atoms with Crippen molar-refractivity contribution >= 4 is 46.3 Å². The number of ether oxygens (including phenoxy) is 3. The molecule has 15 heteroatoms. The lowest BCUT2D eigenvalue weighted by atomic mass is 10.1. The average Bonchev–Trinajstić information content (AvgIpc) is 3.88. The molecule has 3 aliphatic rings. The molecule has 3 atom stereocenters. The van der Waals surface area contributed by atoms with E-state index >= 15 is 0 Å². The van der Waals surface area contributed by atoms with Gasteiger partial charge < -0.3 is 29.4 Å². The van der Waals surface area contributed by atoms with Crippen LogP contribution in [0.25, 0.3) is 22.2 Å². The van der Waals surface area contributed by atoms with Crippen molar-refractivity contribution in [2.75, 3.05) is 23.7 Å². The number of benzene rings is 2. The van der Waals surface area contributed by atoms with E-state index in [1.807, 2.05) is 6.07 Å². The fourth-order valence-corrected chi connectivity index (χ4v) is 7.17. The Balaban J connectivity index is 1.31. The Morgan fingerprint density at radius 2 is 1.33 bits per heavy atom. The molecule has 2 aromatic carbocycles. The van der Waals surface area contributed by atoms with Crippen molar-refractivity contribution in [3.8, 4) is 17.0 Å². The lowest BCUT2D eigenvalue weighted by Crippen LogP contribution is -2.45. The number of carbonyl (C=O) groups is 4. The molecule has 0 aliphatic carbocycles. The number of rotatable bonds is 7. The van der Waals surface area contributed by atoms with Gasteiger partial charge in [-0.2, -0.15) is 0 Å². The van der Waals surface area contributed by atoms with E-state index in [1.165, 1.54) is 9.80 Å². The molecule has 6 rings (SSSR count). The zero-order valence-electron chi connectivity index (χ0n) is 33.1. The monoisotopic (exact) mass is 791 g/mol. The Hall–Kier alpha value is -5.73. The second-order valence-corrected chi connectivity index (χ2v) is 16.4. The topological polar surface area (TPSA) is 131 Å². The largest absolute Gasteiger partial charge is 0.465 e. The summed E-state index contributed by atoms with van der Waals surface area (Å²) >= 11 is 0.